The molecule has 0 saturated carbocycles. The van der Waals surface area contributed by atoms with Gasteiger partial charge in [0.25, 0.3) is 0 Å². The van der Waals surface area contributed by atoms with Gasteiger partial charge in [-0.15, -0.1) is 0 Å². The molecule has 0 amide bonds. The lowest BCUT2D eigenvalue weighted by atomic mass is 9.93. The number of ether oxygens (including phenoxy) is 1. The smallest absolute Gasteiger partial charge is 0.224 e. The molecule has 0 unspecified atom stereocenters. The van der Waals surface area contributed by atoms with Crippen LogP contribution < -0.4 is 10.5 Å². The maximum absolute atomic E-state index is 6.10. The predicted octanol–water partition coefficient (Wildman–Crippen LogP) is 3.64. The molecule has 3 heterocycles. The molecule has 2 N–H and O–H groups in total. The van der Waals surface area contributed by atoms with Gasteiger partial charge in [-0.05, 0) is 45.2 Å². The van der Waals surface area contributed by atoms with Gasteiger partial charge in [-0.25, -0.2) is 19.9 Å². The first-order chi connectivity index (χ1) is 12.8. The third-order valence-electron chi connectivity index (χ3n) is 4.00. The van der Waals surface area contributed by atoms with E-state index in [4.69, 9.17) is 14.9 Å². The van der Waals surface area contributed by atoms with Crippen LogP contribution in [0, 0.1) is 12.8 Å². The van der Waals surface area contributed by atoms with Crippen molar-refractivity contribution in [1.29, 1.82) is 0 Å². The van der Waals surface area contributed by atoms with Crippen LogP contribution in [0.15, 0.2) is 41.5 Å². The van der Waals surface area contributed by atoms with Crippen LogP contribution >= 0.6 is 0 Å². The lowest BCUT2D eigenvalue weighted by Crippen LogP contribution is -2.35. The SMILES string of the molecule is Cc1nccc(-c2cnc(OC[C@@H](C)CC(C)(C)N)c(-c3cnco3)c2)n1. The number of nitrogens with two attached hydrogens (primary N) is 1. The highest BCUT2D eigenvalue weighted by molar-refractivity contribution is 5.71. The molecule has 0 aliphatic heterocycles. The molecule has 3 aromatic heterocycles. The van der Waals surface area contributed by atoms with Crippen molar-refractivity contribution < 1.29 is 9.15 Å². The number of aryl methyl sites for hydroxylation is 1. The minimum absolute atomic E-state index is 0.237. The molecule has 27 heavy (non-hydrogen) atoms. The van der Waals surface area contributed by atoms with Gasteiger partial charge in [0.2, 0.25) is 5.88 Å². The van der Waals surface area contributed by atoms with Crippen LogP contribution in [0.25, 0.3) is 22.6 Å². The van der Waals surface area contributed by atoms with Gasteiger partial charge < -0.3 is 14.9 Å². The first-order valence-corrected chi connectivity index (χ1v) is 8.92. The van der Waals surface area contributed by atoms with Crippen molar-refractivity contribution in [2.45, 2.75) is 39.7 Å². The lowest BCUT2D eigenvalue weighted by molar-refractivity contribution is 0.223. The summed E-state index contributed by atoms with van der Waals surface area (Å²) in [6, 6.07) is 3.79. The summed E-state index contributed by atoms with van der Waals surface area (Å²) in [5.41, 5.74) is 8.25. The fourth-order valence-electron chi connectivity index (χ4n) is 3.03. The van der Waals surface area contributed by atoms with Crippen LogP contribution in [0.1, 0.15) is 33.0 Å². The van der Waals surface area contributed by atoms with Crippen molar-refractivity contribution >= 4 is 0 Å². The molecule has 142 valence electrons. The third kappa shape index (κ3) is 5.10. The summed E-state index contributed by atoms with van der Waals surface area (Å²) in [5, 5.41) is 0. The highest BCUT2D eigenvalue weighted by Gasteiger charge is 2.18. The molecule has 7 nitrogen and oxygen atoms in total. The molecular weight excluding hydrogens is 342 g/mol. The summed E-state index contributed by atoms with van der Waals surface area (Å²) >= 11 is 0. The van der Waals surface area contributed by atoms with Crippen molar-refractivity contribution in [2.24, 2.45) is 11.7 Å². The number of aromatic nitrogens is 4. The second kappa shape index (κ2) is 7.84. The van der Waals surface area contributed by atoms with Gasteiger partial charge in [0.1, 0.15) is 5.82 Å². The van der Waals surface area contributed by atoms with Crippen LogP contribution in [-0.2, 0) is 0 Å². The first kappa shape index (κ1) is 19.0. The normalized spacial score (nSPS) is 12.8. The number of hydrogen-bond acceptors (Lipinski definition) is 7. The summed E-state index contributed by atoms with van der Waals surface area (Å²) in [4.78, 5) is 17.1. The second-order valence-electron chi connectivity index (χ2n) is 7.54. The van der Waals surface area contributed by atoms with E-state index in [-0.39, 0.29) is 5.54 Å². The fraction of sp³-hybridized carbons (Fsp3) is 0.400. The molecule has 0 aliphatic rings. The number of hydrogen-bond donors (Lipinski definition) is 1. The molecule has 0 saturated heterocycles. The Morgan fingerprint density at radius 1 is 1.26 bits per heavy atom. The van der Waals surface area contributed by atoms with Gasteiger partial charge in [0.15, 0.2) is 12.2 Å². The Morgan fingerprint density at radius 3 is 2.74 bits per heavy atom. The molecule has 0 aliphatic carbocycles. The minimum Gasteiger partial charge on any atom is -0.477 e. The van der Waals surface area contributed by atoms with Crippen molar-refractivity contribution in [1.82, 2.24) is 19.9 Å². The van der Waals surface area contributed by atoms with Crippen LogP contribution in [0.4, 0.5) is 0 Å². The summed E-state index contributed by atoms with van der Waals surface area (Å²) in [7, 11) is 0. The molecule has 0 aromatic carbocycles. The highest BCUT2D eigenvalue weighted by Crippen LogP contribution is 2.32. The van der Waals surface area contributed by atoms with E-state index in [1.165, 1.54) is 6.39 Å². The summed E-state index contributed by atoms with van der Waals surface area (Å²) in [5.74, 6) is 2.09. The quantitative estimate of drug-likeness (QED) is 0.680. The summed E-state index contributed by atoms with van der Waals surface area (Å²) in [6.07, 6.45) is 7.36. The Kier molecular flexibility index (Phi) is 5.51. The van der Waals surface area contributed by atoms with Gasteiger partial charge in [-0.1, -0.05) is 6.92 Å². The van der Waals surface area contributed by atoms with E-state index in [1.807, 2.05) is 32.9 Å². The van der Waals surface area contributed by atoms with Crippen molar-refractivity contribution in [3.05, 3.63) is 42.9 Å². The maximum Gasteiger partial charge on any atom is 0.224 e. The third-order valence-corrected chi connectivity index (χ3v) is 4.00. The monoisotopic (exact) mass is 367 g/mol. The zero-order valence-electron chi connectivity index (χ0n) is 16.1. The summed E-state index contributed by atoms with van der Waals surface area (Å²) in [6.45, 7) is 8.51. The molecule has 0 radical (unpaired) electrons. The predicted molar refractivity (Wildman–Crippen MR) is 103 cm³/mol. The van der Waals surface area contributed by atoms with E-state index >= 15 is 0 Å². The largest absolute Gasteiger partial charge is 0.477 e. The molecule has 0 fully saturated rings. The van der Waals surface area contributed by atoms with Crippen molar-refractivity contribution in [2.75, 3.05) is 6.61 Å². The zero-order valence-corrected chi connectivity index (χ0v) is 16.1. The van der Waals surface area contributed by atoms with Gasteiger partial charge in [-0.2, -0.15) is 0 Å². The Bertz CT molecular complexity index is 888. The minimum atomic E-state index is -0.237. The van der Waals surface area contributed by atoms with Crippen LogP contribution in [-0.4, -0.2) is 32.1 Å². The number of pyridine rings is 1. The first-order valence-electron chi connectivity index (χ1n) is 8.92. The Morgan fingerprint density at radius 2 is 2.07 bits per heavy atom. The fourth-order valence-corrected chi connectivity index (χ4v) is 3.03. The van der Waals surface area contributed by atoms with Crippen molar-refractivity contribution in [3.63, 3.8) is 0 Å². The number of nitrogens with zero attached hydrogens (tertiary/aromatic N) is 4. The second-order valence-corrected chi connectivity index (χ2v) is 7.54. The lowest BCUT2D eigenvalue weighted by Gasteiger charge is -2.23. The number of oxazole rings is 1. The Labute approximate surface area is 159 Å². The average Bonchev–Trinajstić information content (AvgIpc) is 3.13. The highest BCUT2D eigenvalue weighted by atomic mass is 16.5. The van der Waals surface area contributed by atoms with Gasteiger partial charge in [-0.3, -0.25) is 0 Å². The van der Waals surface area contributed by atoms with Gasteiger partial charge in [0.05, 0.1) is 24.1 Å². The van der Waals surface area contributed by atoms with Crippen molar-refractivity contribution in [3.8, 4) is 28.5 Å². The molecular formula is C20H25N5O2. The Balaban J connectivity index is 1.88. The van der Waals surface area contributed by atoms with Gasteiger partial charge >= 0.3 is 0 Å². The zero-order chi connectivity index (χ0) is 19.4. The molecule has 0 bridgehead atoms. The van der Waals surface area contributed by atoms with E-state index in [2.05, 4.69) is 26.9 Å². The number of rotatable bonds is 7. The molecule has 1 atom stereocenters. The van der Waals surface area contributed by atoms with Crippen LogP contribution in [0.2, 0.25) is 0 Å². The van der Waals surface area contributed by atoms with Crippen LogP contribution in [0.5, 0.6) is 5.88 Å². The van der Waals surface area contributed by atoms with E-state index in [0.29, 0.717) is 30.0 Å². The van der Waals surface area contributed by atoms with E-state index in [1.54, 1.807) is 18.6 Å². The molecule has 3 rings (SSSR count). The topological polar surface area (TPSA) is 100.0 Å². The maximum atomic E-state index is 6.10. The Hall–Kier alpha value is -2.80. The van der Waals surface area contributed by atoms with E-state index in [9.17, 15) is 0 Å². The average molecular weight is 367 g/mol. The van der Waals surface area contributed by atoms with E-state index in [0.717, 1.165) is 23.2 Å². The standard InChI is InChI=1S/C20H25N5O2/c1-13(8-20(3,4)21)11-26-19-16(18-10-22-12-27-18)7-15(9-24-19)17-5-6-23-14(2)25-17/h5-7,9-10,12-13H,8,11,21H2,1-4H3/t13-/m0/s1. The summed E-state index contributed by atoms with van der Waals surface area (Å²) < 4.78 is 11.5. The van der Waals surface area contributed by atoms with Crippen LogP contribution in [0.3, 0.4) is 0 Å². The molecule has 0 spiro atoms. The van der Waals surface area contributed by atoms with E-state index < -0.39 is 0 Å². The molecule has 7 heteroatoms. The van der Waals surface area contributed by atoms with Gasteiger partial charge in [0, 0.05) is 23.5 Å². The molecule has 3 aromatic rings.